The maximum absolute atomic E-state index is 12.4. The highest BCUT2D eigenvalue weighted by atomic mass is 79.9. The highest BCUT2D eigenvalue weighted by Crippen LogP contribution is 2.33. The largest absolute Gasteiger partial charge is 0.416 e. The van der Waals surface area contributed by atoms with Gasteiger partial charge < -0.3 is 5.73 Å². The first-order valence-electron chi connectivity index (χ1n) is 4.13. The standard InChI is InChI=1S/C9H7BrF5N.ClH/c10-6-2-4(7(16)8(11)12)1-5(3-6)9(13,14)15;/h1-3,7-8H,16H2;1H/t7-;/m1./s1. The summed E-state index contributed by atoms with van der Waals surface area (Å²) < 4.78 is 61.7. The van der Waals surface area contributed by atoms with Gasteiger partial charge in [-0.2, -0.15) is 13.2 Å². The zero-order valence-corrected chi connectivity index (χ0v) is 10.5. The molecule has 0 saturated heterocycles. The van der Waals surface area contributed by atoms with Gasteiger partial charge in [-0.15, -0.1) is 12.4 Å². The van der Waals surface area contributed by atoms with Crippen LogP contribution >= 0.6 is 28.3 Å². The second-order valence-electron chi connectivity index (χ2n) is 3.13. The fourth-order valence-corrected chi connectivity index (χ4v) is 1.62. The van der Waals surface area contributed by atoms with Crippen LogP contribution in [-0.2, 0) is 6.18 Å². The molecule has 0 amide bonds. The Kier molecular flexibility index (Phi) is 5.83. The second-order valence-corrected chi connectivity index (χ2v) is 4.05. The zero-order chi connectivity index (χ0) is 12.5. The quantitative estimate of drug-likeness (QED) is 0.804. The summed E-state index contributed by atoms with van der Waals surface area (Å²) in [5, 5.41) is 0. The van der Waals surface area contributed by atoms with Gasteiger partial charge >= 0.3 is 6.18 Å². The first-order valence-corrected chi connectivity index (χ1v) is 4.92. The Morgan fingerprint density at radius 2 is 1.65 bits per heavy atom. The molecule has 0 heterocycles. The van der Waals surface area contributed by atoms with E-state index >= 15 is 0 Å². The highest BCUT2D eigenvalue weighted by Gasteiger charge is 2.32. The van der Waals surface area contributed by atoms with Crippen LogP contribution in [0.4, 0.5) is 22.0 Å². The van der Waals surface area contributed by atoms with E-state index in [1.54, 1.807) is 0 Å². The molecule has 0 aliphatic rings. The van der Waals surface area contributed by atoms with Crippen molar-refractivity contribution in [3.8, 4) is 0 Å². The molecular weight excluding hydrogens is 332 g/mol. The normalized spacial score (nSPS) is 13.4. The van der Waals surface area contributed by atoms with Crippen LogP contribution in [-0.4, -0.2) is 6.43 Å². The molecule has 1 atom stereocenters. The van der Waals surface area contributed by atoms with Crippen molar-refractivity contribution in [2.24, 2.45) is 5.73 Å². The first kappa shape index (κ1) is 16.6. The molecule has 0 aliphatic heterocycles. The summed E-state index contributed by atoms with van der Waals surface area (Å²) in [6, 6.07) is 0.855. The average molecular weight is 341 g/mol. The van der Waals surface area contributed by atoms with E-state index < -0.39 is 24.2 Å². The lowest BCUT2D eigenvalue weighted by atomic mass is 10.0. The van der Waals surface area contributed by atoms with Crippen molar-refractivity contribution in [3.63, 3.8) is 0 Å². The summed E-state index contributed by atoms with van der Waals surface area (Å²) in [7, 11) is 0. The molecule has 0 aromatic heterocycles. The fraction of sp³-hybridized carbons (Fsp3) is 0.333. The summed E-state index contributed by atoms with van der Waals surface area (Å²) >= 11 is 2.82. The molecule has 0 unspecified atom stereocenters. The second kappa shape index (κ2) is 5.97. The van der Waals surface area contributed by atoms with Crippen molar-refractivity contribution in [1.29, 1.82) is 0 Å². The van der Waals surface area contributed by atoms with E-state index in [1.807, 2.05) is 0 Å². The smallest absolute Gasteiger partial charge is 0.319 e. The highest BCUT2D eigenvalue weighted by molar-refractivity contribution is 9.10. The third-order valence-electron chi connectivity index (χ3n) is 1.90. The SMILES string of the molecule is Cl.N[C@H](c1cc(Br)cc(C(F)(F)F)c1)C(F)F. The Bertz CT molecular complexity index is 382. The maximum atomic E-state index is 12.4. The van der Waals surface area contributed by atoms with Gasteiger partial charge in [-0.1, -0.05) is 15.9 Å². The number of benzene rings is 1. The topological polar surface area (TPSA) is 26.0 Å². The van der Waals surface area contributed by atoms with Crippen LogP contribution in [0.3, 0.4) is 0 Å². The van der Waals surface area contributed by atoms with Crippen LogP contribution in [0.25, 0.3) is 0 Å². The molecule has 0 radical (unpaired) electrons. The van der Waals surface area contributed by atoms with Crippen molar-refractivity contribution < 1.29 is 22.0 Å². The fourth-order valence-electron chi connectivity index (χ4n) is 1.11. The molecule has 1 rings (SSSR count). The van der Waals surface area contributed by atoms with Gasteiger partial charge in [0.25, 0.3) is 6.43 Å². The van der Waals surface area contributed by atoms with Gasteiger partial charge in [-0.3, -0.25) is 0 Å². The molecule has 0 fully saturated rings. The molecule has 1 aromatic carbocycles. The Morgan fingerprint density at radius 3 is 2.06 bits per heavy atom. The molecule has 1 nitrogen and oxygen atoms in total. The van der Waals surface area contributed by atoms with Crippen molar-refractivity contribution in [3.05, 3.63) is 33.8 Å². The molecule has 0 bridgehead atoms. The van der Waals surface area contributed by atoms with Crippen molar-refractivity contribution >= 4 is 28.3 Å². The molecule has 8 heteroatoms. The van der Waals surface area contributed by atoms with Crippen LogP contribution in [0, 0.1) is 0 Å². The number of hydrogen-bond donors (Lipinski definition) is 1. The Balaban J connectivity index is 0.00000256. The van der Waals surface area contributed by atoms with Crippen LogP contribution in [0.5, 0.6) is 0 Å². The van der Waals surface area contributed by atoms with Gasteiger partial charge in [0.05, 0.1) is 11.6 Å². The summed E-state index contributed by atoms with van der Waals surface area (Å²) in [4.78, 5) is 0. The lowest BCUT2D eigenvalue weighted by Gasteiger charge is -2.14. The van der Waals surface area contributed by atoms with Crippen LogP contribution < -0.4 is 5.73 Å². The van der Waals surface area contributed by atoms with Crippen molar-refractivity contribution in [2.75, 3.05) is 0 Å². The van der Waals surface area contributed by atoms with Gasteiger partial charge in [-0.25, -0.2) is 8.78 Å². The third-order valence-corrected chi connectivity index (χ3v) is 2.36. The maximum Gasteiger partial charge on any atom is 0.416 e. The van der Waals surface area contributed by atoms with E-state index in [-0.39, 0.29) is 22.4 Å². The summed E-state index contributed by atoms with van der Waals surface area (Å²) in [5.74, 6) is 0. The van der Waals surface area contributed by atoms with E-state index in [2.05, 4.69) is 15.9 Å². The van der Waals surface area contributed by atoms with E-state index in [4.69, 9.17) is 5.73 Å². The molecule has 0 spiro atoms. The van der Waals surface area contributed by atoms with E-state index in [1.165, 1.54) is 0 Å². The minimum Gasteiger partial charge on any atom is -0.319 e. The zero-order valence-electron chi connectivity index (χ0n) is 8.14. The number of rotatable bonds is 2. The minimum atomic E-state index is -4.58. The molecule has 2 N–H and O–H groups in total. The molecule has 1 aromatic rings. The molecule has 17 heavy (non-hydrogen) atoms. The van der Waals surface area contributed by atoms with Gasteiger partial charge in [0.15, 0.2) is 0 Å². The molecule has 0 aliphatic carbocycles. The van der Waals surface area contributed by atoms with Gasteiger partial charge in [0.2, 0.25) is 0 Å². The predicted molar refractivity (Wildman–Crippen MR) is 59.3 cm³/mol. The number of nitrogens with two attached hydrogens (primary N) is 1. The minimum absolute atomic E-state index is 0. The van der Waals surface area contributed by atoms with E-state index in [9.17, 15) is 22.0 Å². The van der Waals surface area contributed by atoms with Gasteiger partial charge in [0, 0.05) is 4.47 Å². The number of alkyl halides is 5. The van der Waals surface area contributed by atoms with Crippen molar-refractivity contribution in [2.45, 2.75) is 18.6 Å². The third kappa shape index (κ3) is 4.40. The van der Waals surface area contributed by atoms with Gasteiger partial charge in [0.1, 0.15) is 0 Å². The Morgan fingerprint density at radius 1 is 1.12 bits per heavy atom. The molecule has 0 saturated carbocycles. The predicted octanol–water partition coefficient (Wildman–Crippen LogP) is 4.15. The average Bonchev–Trinajstić information content (AvgIpc) is 2.14. The summed E-state index contributed by atoms with van der Waals surface area (Å²) in [5.41, 5.74) is 3.82. The van der Waals surface area contributed by atoms with Crippen LogP contribution in [0.1, 0.15) is 17.2 Å². The molecular formula is C9H8BrClF5N. The Labute approximate surface area is 109 Å². The van der Waals surface area contributed by atoms with Gasteiger partial charge in [-0.05, 0) is 23.8 Å². The van der Waals surface area contributed by atoms with Crippen molar-refractivity contribution in [1.82, 2.24) is 0 Å². The first-order chi connectivity index (χ1) is 7.21. The lowest BCUT2D eigenvalue weighted by molar-refractivity contribution is -0.137. The molecule has 98 valence electrons. The summed E-state index contributed by atoms with van der Waals surface area (Å²) in [6.45, 7) is 0. The number of halogens is 7. The monoisotopic (exact) mass is 339 g/mol. The lowest BCUT2D eigenvalue weighted by Crippen LogP contribution is -2.19. The van der Waals surface area contributed by atoms with Crippen LogP contribution in [0.2, 0.25) is 0 Å². The Hall–Kier alpha value is -0.400. The number of hydrogen-bond acceptors (Lipinski definition) is 1. The van der Waals surface area contributed by atoms with Crippen LogP contribution in [0.15, 0.2) is 22.7 Å². The van der Waals surface area contributed by atoms with E-state index in [0.29, 0.717) is 6.07 Å². The van der Waals surface area contributed by atoms with E-state index in [0.717, 1.165) is 12.1 Å². The summed E-state index contributed by atoms with van der Waals surface area (Å²) in [6.07, 6.45) is -7.49.